The highest BCUT2D eigenvalue weighted by atomic mass is 16.5. The number of carbonyl (C=O) groups is 1. The van der Waals surface area contributed by atoms with Crippen LogP contribution < -0.4 is 10.1 Å². The zero-order chi connectivity index (χ0) is 14.5. The van der Waals surface area contributed by atoms with E-state index >= 15 is 0 Å². The van der Waals surface area contributed by atoms with Gasteiger partial charge in [-0.3, -0.25) is 9.89 Å². The zero-order valence-corrected chi connectivity index (χ0v) is 11.9. The molecule has 0 spiro atoms. The number of carbonyl (C=O) groups excluding carboxylic acids is 1. The van der Waals surface area contributed by atoms with E-state index in [1.165, 1.54) is 0 Å². The van der Waals surface area contributed by atoms with E-state index in [0.717, 1.165) is 11.3 Å². The Hall–Kier alpha value is -2.30. The number of rotatable bonds is 5. The third-order valence-corrected chi connectivity index (χ3v) is 2.84. The zero-order valence-electron chi connectivity index (χ0n) is 11.9. The average molecular weight is 273 g/mol. The van der Waals surface area contributed by atoms with Crippen LogP contribution in [-0.4, -0.2) is 22.2 Å². The number of aromatic amines is 1. The third-order valence-electron chi connectivity index (χ3n) is 2.84. The lowest BCUT2D eigenvalue weighted by molar-refractivity contribution is 0.0950. The van der Waals surface area contributed by atoms with E-state index < -0.39 is 0 Å². The van der Waals surface area contributed by atoms with Gasteiger partial charge in [0, 0.05) is 23.4 Å². The van der Waals surface area contributed by atoms with Crippen molar-refractivity contribution in [3.63, 3.8) is 0 Å². The maximum atomic E-state index is 12.1. The van der Waals surface area contributed by atoms with Gasteiger partial charge in [0.2, 0.25) is 0 Å². The van der Waals surface area contributed by atoms with Gasteiger partial charge in [-0.1, -0.05) is 6.07 Å². The summed E-state index contributed by atoms with van der Waals surface area (Å²) in [6.45, 7) is 6.28. The van der Waals surface area contributed by atoms with Gasteiger partial charge in [-0.25, -0.2) is 0 Å². The molecule has 106 valence electrons. The summed E-state index contributed by atoms with van der Waals surface area (Å²) in [4.78, 5) is 12.1. The molecule has 0 unspecified atom stereocenters. The van der Waals surface area contributed by atoms with Crippen LogP contribution in [-0.2, 0) is 6.54 Å². The smallest absolute Gasteiger partial charge is 0.251 e. The standard InChI is InChI=1S/C15H19N3O2/c1-10(2)20-14-6-4-5-12(7-14)15(19)16-8-13-9-17-18-11(13)3/h4-7,9-10H,8H2,1-3H3,(H,16,19)(H,17,18). The van der Waals surface area contributed by atoms with Crippen molar-refractivity contribution in [2.24, 2.45) is 0 Å². The van der Waals surface area contributed by atoms with E-state index in [4.69, 9.17) is 4.74 Å². The highest BCUT2D eigenvalue weighted by molar-refractivity contribution is 5.94. The van der Waals surface area contributed by atoms with Gasteiger partial charge in [0.15, 0.2) is 0 Å². The highest BCUT2D eigenvalue weighted by Gasteiger charge is 2.08. The molecule has 1 amide bonds. The molecular weight excluding hydrogens is 254 g/mol. The molecule has 5 nitrogen and oxygen atoms in total. The van der Waals surface area contributed by atoms with E-state index in [-0.39, 0.29) is 12.0 Å². The number of aromatic nitrogens is 2. The lowest BCUT2D eigenvalue weighted by Crippen LogP contribution is -2.23. The number of nitrogens with zero attached hydrogens (tertiary/aromatic N) is 1. The molecule has 0 bridgehead atoms. The molecule has 20 heavy (non-hydrogen) atoms. The summed E-state index contributed by atoms with van der Waals surface area (Å²) in [6.07, 6.45) is 1.80. The number of amides is 1. The minimum Gasteiger partial charge on any atom is -0.491 e. The Morgan fingerprint density at radius 2 is 2.25 bits per heavy atom. The average Bonchev–Trinajstić information content (AvgIpc) is 2.81. The van der Waals surface area contributed by atoms with Gasteiger partial charge in [-0.15, -0.1) is 0 Å². The number of ether oxygens (including phenoxy) is 1. The van der Waals surface area contributed by atoms with E-state index in [2.05, 4.69) is 15.5 Å². The van der Waals surface area contributed by atoms with Crippen LogP contribution in [0.15, 0.2) is 30.5 Å². The molecular formula is C15H19N3O2. The summed E-state index contributed by atoms with van der Waals surface area (Å²) in [7, 11) is 0. The molecule has 2 aromatic rings. The quantitative estimate of drug-likeness (QED) is 0.879. The lowest BCUT2D eigenvalue weighted by Gasteiger charge is -2.11. The van der Waals surface area contributed by atoms with Gasteiger partial charge in [0.25, 0.3) is 5.91 Å². The van der Waals surface area contributed by atoms with Gasteiger partial charge >= 0.3 is 0 Å². The molecule has 1 heterocycles. The monoisotopic (exact) mass is 273 g/mol. The molecule has 0 saturated heterocycles. The first-order valence-corrected chi connectivity index (χ1v) is 6.60. The molecule has 0 saturated carbocycles. The van der Waals surface area contributed by atoms with Crippen molar-refractivity contribution in [2.45, 2.75) is 33.4 Å². The Morgan fingerprint density at radius 3 is 2.90 bits per heavy atom. The Morgan fingerprint density at radius 1 is 1.45 bits per heavy atom. The molecule has 1 aromatic carbocycles. The van der Waals surface area contributed by atoms with Gasteiger partial charge in [0.1, 0.15) is 5.75 Å². The van der Waals surface area contributed by atoms with Gasteiger partial charge in [-0.2, -0.15) is 5.10 Å². The Kier molecular flexibility index (Phi) is 4.40. The molecule has 0 aliphatic carbocycles. The van der Waals surface area contributed by atoms with E-state index in [0.29, 0.717) is 17.9 Å². The van der Waals surface area contributed by atoms with Crippen molar-refractivity contribution < 1.29 is 9.53 Å². The number of hydrogen-bond donors (Lipinski definition) is 2. The Labute approximate surface area is 118 Å². The fraction of sp³-hybridized carbons (Fsp3) is 0.333. The molecule has 1 aromatic heterocycles. The summed E-state index contributed by atoms with van der Waals surface area (Å²) in [6, 6.07) is 7.18. The first-order valence-electron chi connectivity index (χ1n) is 6.60. The van der Waals surface area contributed by atoms with Crippen LogP contribution in [0, 0.1) is 6.92 Å². The van der Waals surface area contributed by atoms with Crippen LogP contribution in [0.5, 0.6) is 5.75 Å². The summed E-state index contributed by atoms with van der Waals surface area (Å²) >= 11 is 0. The van der Waals surface area contributed by atoms with Crippen molar-refractivity contribution in [3.05, 3.63) is 47.3 Å². The summed E-state index contributed by atoms with van der Waals surface area (Å²) in [5, 5.41) is 9.63. The maximum absolute atomic E-state index is 12.1. The van der Waals surface area contributed by atoms with Crippen LogP contribution in [0.4, 0.5) is 0 Å². The molecule has 2 rings (SSSR count). The molecule has 0 fully saturated rings. The SMILES string of the molecule is Cc1[nH]ncc1CNC(=O)c1cccc(OC(C)C)c1. The van der Waals surface area contributed by atoms with Crippen molar-refractivity contribution in [3.8, 4) is 5.75 Å². The summed E-state index contributed by atoms with van der Waals surface area (Å²) < 4.78 is 5.58. The van der Waals surface area contributed by atoms with Crippen molar-refractivity contribution in [1.82, 2.24) is 15.5 Å². The predicted octanol–water partition coefficient (Wildman–Crippen LogP) is 2.44. The van der Waals surface area contributed by atoms with Crippen LogP contribution >= 0.6 is 0 Å². The molecule has 2 N–H and O–H groups in total. The molecule has 0 atom stereocenters. The predicted molar refractivity (Wildman–Crippen MR) is 76.7 cm³/mol. The largest absolute Gasteiger partial charge is 0.491 e. The van der Waals surface area contributed by atoms with Gasteiger partial charge in [-0.05, 0) is 39.0 Å². The molecule has 0 aliphatic rings. The number of aryl methyl sites for hydroxylation is 1. The second-order valence-corrected chi connectivity index (χ2v) is 4.90. The fourth-order valence-corrected chi connectivity index (χ4v) is 1.81. The lowest BCUT2D eigenvalue weighted by atomic mass is 10.2. The number of nitrogens with one attached hydrogen (secondary N) is 2. The Bertz CT molecular complexity index is 590. The molecule has 0 radical (unpaired) electrons. The van der Waals surface area contributed by atoms with Crippen molar-refractivity contribution in [2.75, 3.05) is 0 Å². The topological polar surface area (TPSA) is 67.0 Å². The van der Waals surface area contributed by atoms with E-state index in [1.807, 2.05) is 32.9 Å². The first kappa shape index (κ1) is 14.1. The fourth-order valence-electron chi connectivity index (χ4n) is 1.81. The number of H-pyrrole nitrogens is 1. The molecule has 5 heteroatoms. The molecule has 0 aliphatic heterocycles. The second-order valence-electron chi connectivity index (χ2n) is 4.90. The minimum atomic E-state index is -0.125. The second kappa shape index (κ2) is 6.23. The minimum absolute atomic E-state index is 0.0851. The van der Waals surface area contributed by atoms with Crippen LogP contribution in [0.3, 0.4) is 0 Å². The van der Waals surface area contributed by atoms with Crippen LogP contribution in [0.1, 0.15) is 35.5 Å². The normalized spacial score (nSPS) is 10.6. The van der Waals surface area contributed by atoms with Gasteiger partial charge in [0.05, 0.1) is 12.3 Å². The van der Waals surface area contributed by atoms with Crippen LogP contribution in [0.2, 0.25) is 0 Å². The van der Waals surface area contributed by atoms with Crippen molar-refractivity contribution in [1.29, 1.82) is 0 Å². The number of hydrogen-bond acceptors (Lipinski definition) is 3. The first-order chi connectivity index (χ1) is 9.56. The summed E-state index contributed by atoms with van der Waals surface area (Å²) in [5.74, 6) is 0.576. The summed E-state index contributed by atoms with van der Waals surface area (Å²) in [5.41, 5.74) is 2.53. The Balaban J connectivity index is 2.00. The van der Waals surface area contributed by atoms with E-state index in [1.54, 1.807) is 18.3 Å². The third kappa shape index (κ3) is 3.60. The van der Waals surface area contributed by atoms with E-state index in [9.17, 15) is 4.79 Å². The van der Waals surface area contributed by atoms with Crippen molar-refractivity contribution >= 4 is 5.91 Å². The number of benzene rings is 1. The van der Waals surface area contributed by atoms with Crippen LogP contribution in [0.25, 0.3) is 0 Å². The highest BCUT2D eigenvalue weighted by Crippen LogP contribution is 2.15. The maximum Gasteiger partial charge on any atom is 0.251 e. The van der Waals surface area contributed by atoms with Gasteiger partial charge < -0.3 is 10.1 Å².